The molecule has 8 heteroatoms. The molecule has 0 bridgehead atoms. The number of rotatable bonds is 8. The first kappa shape index (κ1) is 21.6. The zero-order valence-electron chi connectivity index (χ0n) is 15.2. The third-order valence-electron chi connectivity index (χ3n) is 3.78. The van der Waals surface area contributed by atoms with Crippen molar-refractivity contribution in [1.29, 1.82) is 0 Å². The fraction of sp³-hybridized carbons (Fsp3) is 0.250. The highest BCUT2D eigenvalue weighted by Crippen LogP contribution is 2.11. The van der Waals surface area contributed by atoms with Crippen LogP contribution in [-0.2, 0) is 20.7 Å². The van der Waals surface area contributed by atoms with E-state index in [1.165, 1.54) is 19.1 Å². The molecule has 2 N–H and O–H groups in total. The number of ether oxygens (including phenoxy) is 1. The zero-order valence-corrected chi connectivity index (χ0v) is 16.8. The highest BCUT2D eigenvalue weighted by atomic mass is 79.9. The van der Waals surface area contributed by atoms with Crippen LogP contribution >= 0.6 is 15.9 Å². The fourth-order valence-electron chi connectivity index (χ4n) is 2.30. The summed E-state index contributed by atoms with van der Waals surface area (Å²) in [6.07, 6.45) is -0.474. The Morgan fingerprint density at radius 1 is 1.11 bits per heavy atom. The highest BCUT2D eigenvalue weighted by molar-refractivity contribution is 9.10. The molecular weight excluding hydrogens is 431 g/mol. The Morgan fingerprint density at radius 2 is 1.82 bits per heavy atom. The van der Waals surface area contributed by atoms with Crippen LogP contribution in [0, 0.1) is 5.82 Å². The van der Waals surface area contributed by atoms with Gasteiger partial charge in [-0.3, -0.25) is 14.4 Å². The molecule has 0 aromatic heterocycles. The van der Waals surface area contributed by atoms with Crippen molar-refractivity contribution < 1.29 is 23.5 Å². The van der Waals surface area contributed by atoms with Crippen LogP contribution in [0.4, 0.5) is 4.39 Å². The van der Waals surface area contributed by atoms with Gasteiger partial charge in [-0.1, -0.05) is 34.1 Å². The second-order valence-electron chi connectivity index (χ2n) is 5.99. The van der Waals surface area contributed by atoms with Gasteiger partial charge in [0.15, 0.2) is 6.10 Å². The van der Waals surface area contributed by atoms with Crippen LogP contribution in [0.3, 0.4) is 0 Å². The molecule has 0 saturated carbocycles. The summed E-state index contributed by atoms with van der Waals surface area (Å²) in [5, 5.41) is 5.09. The second kappa shape index (κ2) is 10.6. The molecule has 0 aliphatic heterocycles. The van der Waals surface area contributed by atoms with Crippen molar-refractivity contribution in [3.63, 3.8) is 0 Å². The van der Waals surface area contributed by atoms with Crippen LogP contribution in [-0.4, -0.2) is 37.0 Å². The van der Waals surface area contributed by atoms with E-state index in [1.807, 2.05) is 0 Å². The lowest BCUT2D eigenvalue weighted by atomic mass is 10.1. The van der Waals surface area contributed by atoms with Crippen LogP contribution in [0.2, 0.25) is 0 Å². The van der Waals surface area contributed by atoms with Crippen molar-refractivity contribution in [3.05, 3.63) is 69.9 Å². The smallest absolute Gasteiger partial charge is 0.326 e. The average Bonchev–Trinajstić information content (AvgIpc) is 2.67. The molecule has 0 saturated heterocycles. The van der Waals surface area contributed by atoms with E-state index in [0.717, 1.165) is 10.0 Å². The number of halogens is 2. The van der Waals surface area contributed by atoms with Crippen LogP contribution < -0.4 is 10.6 Å². The monoisotopic (exact) mass is 450 g/mol. The number of hydrogen-bond acceptors (Lipinski definition) is 4. The van der Waals surface area contributed by atoms with E-state index < -0.39 is 23.9 Å². The van der Waals surface area contributed by atoms with Gasteiger partial charge in [0.05, 0.1) is 0 Å². The topological polar surface area (TPSA) is 84.5 Å². The summed E-state index contributed by atoms with van der Waals surface area (Å²) in [5.74, 6) is -1.91. The molecule has 28 heavy (non-hydrogen) atoms. The van der Waals surface area contributed by atoms with Crippen LogP contribution in [0.25, 0.3) is 0 Å². The van der Waals surface area contributed by atoms with Gasteiger partial charge >= 0.3 is 5.97 Å². The van der Waals surface area contributed by atoms with Gasteiger partial charge in [0.25, 0.3) is 11.8 Å². The average molecular weight is 451 g/mol. The first-order valence-electron chi connectivity index (χ1n) is 8.60. The minimum Gasteiger partial charge on any atom is -0.451 e. The number of carbonyl (C=O) groups excluding carboxylic acids is 3. The summed E-state index contributed by atoms with van der Waals surface area (Å²) >= 11 is 3.26. The predicted molar refractivity (Wildman–Crippen MR) is 105 cm³/mol. The minimum absolute atomic E-state index is 0.319. The highest BCUT2D eigenvalue weighted by Gasteiger charge is 2.18. The van der Waals surface area contributed by atoms with E-state index in [2.05, 4.69) is 26.6 Å². The third kappa shape index (κ3) is 7.11. The lowest BCUT2D eigenvalue weighted by Crippen LogP contribution is -2.39. The summed E-state index contributed by atoms with van der Waals surface area (Å²) in [7, 11) is 0. The molecule has 0 aliphatic carbocycles. The van der Waals surface area contributed by atoms with Crippen LogP contribution in [0.15, 0.2) is 53.0 Å². The van der Waals surface area contributed by atoms with Crippen molar-refractivity contribution in [1.82, 2.24) is 10.6 Å². The molecule has 0 spiro atoms. The summed E-state index contributed by atoms with van der Waals surface area (Å²) < 4.78 is 18.6. The van der Waals surface area contributed by atoms with Gasteiger partial charge in [-0.25, -0.2) is 4.39 Å². The van der Waals surface area contributed by atoms with E-state index in [9.17, 15) is 18.8 Å². The zero-order chi connectivity index (χ0) is 20.5. The van der Waals surface area contributed by atoms with E-state index in [0.29, 0.717) is 18.5 Å². The molecule has 0 aliphatic rings. The standard InChI is InChI=1S/C20H20BrFN2O4/c1-13(19(26)23-10-9-14-5-7-17(22)8-6-14)28-18(25)12-24-20(27)15-3-2-4-16(21)11-15/h2-8,11,13H,9-10,12H2,1H3,(H,23,26)(H,24,27). The Balaban J connectivity index is 1.69. The summed E-state index contributed by atoms with van der Waals surface area (Å²) in [6.45, 7) is 1.42. The maximum absolute atomic E-state index is 12.8. The Morgan fingerprint density at radius 3 is 2.50 bits per heavy atom. The molecule has 1 unspecified atom stereocenters. The third-order valence-corrected chi connectivity index (χ3v) is 4.28. The van der Waals surface area contributed by atoms with Gasteiger partial charge in [-0.2, -0.15) is 0 Å². The SMILES string of the molecule is CC(OC(=O)CNC(=O)c1cccc(Br)c1)C(=O)NCCc1ccc(F)cc1. The van der Waals surface area contributed by atoms with Gasteiger partial charge in [0, 0.05) is 16.6 Å². The number of esters is 1. The molecule has 0 heterocycles. The fourth-order valence-corrected chi connectivity index (χ4v) is 2.70. The minimum atomic E-state index is -0.997. The number of amides is 2. The van der Waals surface area contributed by atoms with Gasteiger partial charge in [0.2, 0.25) is 0 Å². The maximum atomic E-state index is 12.8. The van der Waals surface area contributed by atoms with Gasteiger partial charge in [0.1, 0.15) is 12.4 Å². The molecule has 2 aromatic carbocycles. The molecule has 2 rings (SSSR count). The van der Waals surface area contributed by atoms with Crippen molar-refractivity contribution in [2.24, 2.45) is 0 Å². The van der Waals surface area contributed by atoms with Crippen LogP contribution in [0.5, 0.6) is 0 Å². The number of nitrogens with one attached hydrogen (secondary N) is 2. The quantitative estimate of drug-likeness (QED) is 0.605. The summed E-state index contributed by atoms with van der Waals surface area (Å²) in [5.41, 5.74) is 1.27. The molecule has 6 nitrogen and oxygen atoms in total. The molecule has 0 radical (unpaired) electrons. The maximum Gasteiger partial charge on any atom is 0.326 e. The summed E-state index contributed by atoms with van der Waals surface area (Å²) in [6, 6.07) is 12.7. The molecule has 0 fully saturated rings. The molecule has 2 amide bonds. The van der Waals surface area contributed by atoms with Crippen molar-refractivity contribution in [2.45, 2.75) is 19.4 Å². The van der Waals surface area contributed by atoms with Crippen LogP contribution in [0.1, 0.15) is 22.8 Å². The lowest BCUT2D eigenvalue weighted by Gasteiger charge is -2.14. The van der Waals surface area contributed by atoms with Gasteiger partial charge in [-0.05, 0) is 49.2 Å². The first-order valence-corrected chi connectivity index (χ1v) is 9.40. The molecular formula is C20H20BrFN2O4. The Hall–Kier alpha value is -2.74. The normalized spacial score (nSPS) is 11.4. The number of benzene rings is 2. The summed E-state index contributed by atoms with van der Waals surface area (Å²) in [4.78, 5) is 35.8. The largest absolute Gasteiger partial charge is 0.451 e. The second-order valence-corrected chi connectivity index (χ2v) is 6.91. The number of carbonyl (C=O) groups is 3. The number of hydrogen-bond donors (Lipinski definition) is 2. The molecule has 148 valence electrons. The Labute approximate surface area is 170 Å². The molecule has 1 atom stereocenters. The van der Waals surface area contributed by atoms with Gasteiger partial charge < -0.3 is 15.4 Å². The van der Waals surface area contributed by atoms with E-state index >= 15 is 0 Å². The van der Waals surface area contributed by atoms with Crippen molar-refractivity contribution in [3.8, 4) is 0 Å². The van der Waals surface area contributed by atoms with E-state index in [-0.39, 0.29) is 12.4 Å². The van der Waals surface area contributed by atoms with E-state index in [4.69, 9.17) is 4.74 Å². The van der Waals surface area contributed by atoms with Crippen molar-refractivity contribution in [2.75, 3.05) is 13.1 Å². The lowest BCUT2D eigenvalue weighted by molar-refractivity contribution is -0.153. The van der Waals surface area contributed by atoms with E-state index in [1.54, 1.807) is 36.4 Å². The van der Waals surface area contributed by atoms with Gasteiger partial charge in [-0.15, -0.1) is 0 Å². The Kier molecular flexibility index (Phi) is 8.13. The first-order chi connectivity index (χ1) is 13.3. The van der Waals surface area contributed by atoms with Crippen molar-refractivity contribution >= 4 is 33.7 Å². The molecule has 2 aromatic rings. The predicted octanol–water partition coefficient (Wildman–Crippen LogP) is 2.61. The Bertz CT molecular complexity index is 842.